The van der Waals surface area contributed by atoms with Crippen LogP contribution >= 0.6 is 0 Å². The summed E-state index contributed by atoms with van der Waals surface area (Å²) >= 11 is 0. The first kappa shape index (κ1) is 20.4. The van der Waals surface area contributed by atoms with Gasteiger partial charge in [-0.25, -0.2) is 18.1 Å². The third-order valence-corrected chi connectivity index (χ3v) is 6.28. The van der Waals surface area contributed by atoms with Crippen LogP contribution in [0, 0.1) is 0 Å². The zero-order chi connectivity index (χ0) is 21.5. The first-order valence-corrected chi connectivity index (χ1v) is 10.6. The fourth-order valence-electron chi connectivity index (χ4n) is 3.29. The van der Waals surface area contributed by atoms with E-state index in [1.54, 1.807) is 6.07 Å². The minimum atomic E-state index is -4.48. The first-order chi connectivity index (χ1) is 14.2. The number of alkyl halides is 3. The molecule has 2 aromatic heterocycles. The Morgan fingerprint density at radius 2 is 1.93 bits per heavy atom. The molecule has 0 spiro atoms. The second-order valence-electron chi connectivity index (χ2n) is 6.82. The molecule has 0 aliphatic carbocycles. The standard InChI is InChI=1S/C19H18F3N5O2S/c1-23-30(28,29)14-5-6-16(25-18-7-4-12(11-24-18)19(20,21)22)15(10-14)17-9-13-3-2-8-27(13)26-17/h4-7,9-11,23H,2-3,8H2,1H3,(H,24,25). The van der Waals surface area contributed by atoms with Crippen molar-refractivity contribution in [1.82, 2.24) is 19.5 Å². The van der Waals surface area contributed by atoms with Crippen LogP contribution in [0.25, 0.3) is 11.3 Å². The van der Waals surface area contributed by atoms with E-state index in [0.29, 0.717) is 16.9 Å². The quantitative estimate of drug-likeness (QED) is 0.637. The summed E-state index contributed by atoms with van der Waals surface area (Å²) in [6.45, 7) is 0.785. The van der Waals surface area contributed by atoms with E-state index in [9.17, 15) is 21.6 Å². The molecule has 0 saturated heterocycles. The largest absolute Gasteiger partial charge is 0.417 e. The fraction of sp³-hybridized carbons (Fsp3) is 0.263. The number of hydrogen-bond acceptors (Lipinski definition) is 5. The number of anilines is 2. The number of aryl methyl sites for hydroxylation is 2. The summed E-state index contributed by atoms with van der Waals surface area (Å²) in [5.74, 6) is 0.195. The summed E-state index contributed by atoms with van der Waals surface area (Å²) in [6, 6.07) is 8.48. The molecule has 3 aromatic rings. The maximum Gasteiger partial charge on any atom is 0.417 e. The van der Waals surface area contributed by atoms with Gasteiger partial charge >= 0.3 is 6.18 Å². The number of hydrogen-bond donors (Lipinski definition) is 2. The first-order valence-electron chi connectivity index (χ1n) is 9.12. The average molecular weight is 437 g/mol. The van der Waals surface area contributed by atoms with E-state index in [0.717, 1.165) is 37.3 Å². The highest BCUT2D eigenvalue weighted by atomic mass is 32.2. The third-order valence-electron chi connectivity index (χ3n) is 4.87. The van der Waals surface area contributed by atoms with Crippen LogP contribution in [-0.2, 0) is 29.2 Å². The van der Waals surface area contributed by atoms with E-state index in [2.05, 4.69) is 20.1 Å². The number of fused-ring (bicyclic) bond motifs is 1. The van der Waals surface area contributed by atoms with E-state index in [-0.39, 0.29) is 10.7 Å². The number of nitrogens with zero attached hydrogens (tertiary/aromatic N) is 3. The number of sulfonamides is 1. The van der Waals surface area contributed by atoms with E-state index >= 15 is 0 Å². The smallest absolute Gasteiger partial charge is 0.340 e. The Bertz CT molecular complexity index is 1170. The van der Waals surface area contributed by atoms with E-state index in [4.69, 9.17) is 0 Å². The second-order valence-corrected chi connectivity index (χ2v) is 8.70. The van der Waals surface area contributed by atoms with Gasteiger partial charge in [-0.05, 0) is 56.3 Å². The van der Waals surface area contributed by atoms with Crippen LogP contribution in [0.15, 0.2) is 47.5 Å². The lowest BCUT2D eigenvalue weighted by atomic mass is 10.1. The summed E-state index contributed by atoms with van der Waals surface area (Å²) in [5, 5.41) is 7.52. The summed E-state index contributed by atoms with van der Waals surface area (Å²) in [6.07, 6.45) is -1.86. The molecule has 1 aromatic carbocycles. The lowest BCUT2D eigenvalue weighted by Crippen LogP contribution is -2.18. The normalized spacial score (nSPS) is 14.0. The highest BCUT2D eigenvalue weighted by Gasteiger charge is 2.30. The Balaban J connectivity index is 1.75. The van der Waals surface area contributed by atoms with Crippen molar-refractivity contribution in [2.45, 2.75) is 30.5 Å². The van der Waals surface area contributed by atoms with Crippen LogP contribution in [0.3, 0.4) is 0 Å². The molecule has 1 aliphatic heterocycles. The Labute approximate surface area is 171 Å². The second kappa shape index (κ2) is 7.40. The highest BCUT2D eigenvalue weighted by molar-refractivity contribution is 7.89. The number of benzene rings is 1. The zero-order valence-corrected chi connectivity index (χ0v) is 16.7. The zero-order valence-electron chi connectivity index (χ0n) is 15.9. The van der Waals surface area contributed by atoms with Gasteiger partial charge in [-0.2, -0.15) is 18.3 Å². The molecule has 1 aliphatic rings. The lowest BCUT2D eigenvalue weighted by Gasteiger charge is -2.13. The summed E-state index contributed by atoms with van der Waals surface area (Å²) in [5.41, 5.74) is 1.76. The van der Waals surface area contributed by atoms with E-state index in [1.807, 2.05) is 10.7 Å². The SMILES string of the molecule is CNS(=O)(=O)c1ccc(Nc2ccc(C(F)(F)F)cn2)c(-c2cc3n(n2)CCC3)c1. The number of pyridine rings is 1. The minimum absolute atomic E-state index is 0.0547. The summed E-state index contributed by atoms with van der Waals surface area (Å²) in [4.78, 5) is 3.88. The van der Waals surface area contributed by atoms with Crippen LogP contribution in [0.5, 0.6) is 0 Å². The van der Waals surface area contributed by atoms with Crippen LogP contribution in [0.1, 0.15) is 17.7 Å². The Morgan fingerprint density at radius 1 is 1.13 bits per heavy atom. The third kappa shape index (κ3) is 3.90. The van der Waals surface area contributed by atoms with Crippen molar-refractivity contribution in [3.8, 4) is 11.3 Å². The van der Waals surface area contributed by atoms with Crippen molar-refractivity contribution in [3.05, 3.63) is 53.9 Å². The molecular weight excluding hydrogens is 419 g/mol. The number of halogens is 3. The van der Waals surface area contributed by atoms with E-state index in [1.165, 1.54) is 25.2 Å². The summed E-state index contributed by atoms with van der Waals surface area (Å²) < 4.78 is 66.9. The van der Waals surface area contributed by atoms with Crippen LogP contribution in [0.4, 0.5) is 24.7 Å². The predicted molar refractivity (Wildman–Crippen MR) is 105 cm³/mol. The van der Waals surface area contributed by atoms with Crippen LogP contribution in [-0.4, -0.2) is 30.2 Å². The highest BCUT2D eigenvalue weighted by Crippen LogP contribution is 2.34. The molecule has 0 radical (unpaired) electrons. The number of aromatic nitrogens is 3. The summed E-state index contributed by atoms with van der Waals surface area (Å²) in [7, 11) is -2.37. The lowest BCUT2D eigenvalue weighted by molar-refractivity contribution is -0.137. The monoisotopic (exact) mass is 437 g/mol. The van der Waals surface area contributed by atoms with Crippen molar-refractivity contribution < 1.29 is 21.6 Å². The molecule has 7 nitrogen and oxygen atoms in total. The molecule has 2 N–H and O–H groups in total. The molecule has 0 amide bonds. The van der Waals surface area contributed by atoms with E-state index < -0.39 is 21.8 Å². The maximum atomic E-state index is 12.8. The number of nitrogens with one attached hydrogen (secondary N) is 2. The topological polar surface area (TPSA) is 88.9 Å². The molecule has 0 fully saturated rings. The van der Waals surface area contributed by atoms with Gasteiger partial charge in [-0.3, -0.25) is 4.68 Å². The van der Waals surface area contributed by atoms with Gasteiger partial charge in [-0.1, -0.05) is 0 Å². The fourth-order valence-corrected chi connectivity index (χ4v) is 4.05. The van der Waals surface area contributed by atoms with Crippen LogP contribution < -0.4 is 10.0 Å². The van der Waals surface area contributed by atoms with Crippen molar-refractivity contribution in [2.75, 3.05) is 12.4 Å². The molecular formula is C19H18F3N5O2S. The molecule has 30 heavy (non-hydrogen) atoms. The van der Waals surface area contributed by atoms with Gasteiger partial charge in [0.15, 0.2) is 0 Å². The van der Waals surface area contributed by atoms with Crippen molar-refractivity contribution >= 4 is 21.5 Å². The molecule has 0 bridgehead atoms. The van der Waals surface area contributed by atoms with Crippen molar-refractivity contribution in [1.29, 1.82) is 0 Å². The van der Waals surface area contributed by atoms with Gasteiger partial charge in [0.25, 0.3) is 0 Å². The number of rotatable bonds is 5. The van der Waals surface area contributed by atoms with Gasteiger partial charge in [0.1, 0.15) is 5.82 Å². The molecule has 4 rings (SSSR count). The van der Waals surface area contributed by atoms with Crippen molar-refractivity contribution in [3.63, 3.8) is 0 Å². The van der Waals surface area contributed by atoms with Gasteiger partial charge in [-0.15, -0.1) is 0 Å². The maximum absolute atomic E-state index is 12.8. The van der Waals surface area contributed by atoms with Gasteiger partial charge in [0.2, 0.25) is 10.0 Å². The Hall–Kier alpha value is -2.92. The average Bonchev–Trinajstić information content (AvgIpc) is 3.30. The predicted octanol–water partition coefficient (Wildman–Crippen LogP) is 3.56. The van der Waals surface area contributed by atoms with Gasteiger partial charge < -0.3 is 5.32 Å². The molecule has 0 saturated carbocycles. The molecule has 0 atom stereocenters. The molecule has 0 unspecified atom stereocenters. The molecule has 158 valence electrons. The molecule has 11 heteroatoms. The van der Waals surface area contributed by atoms with Gasteiger partial charge in [0.05, 0.1) is 16.2 Å². The minimum Gasteiger partial charge on any atom is -0.340 e. The molecule has 3 heterocycles. The van der Waals surface area contributed by atoms with Gasteiger partial charge in [0, 0.05) is 29.7 Å². The Kier molecular flexibility index (Phi) is 5.02. The Morgan fingerprint density at radius 3 is 2.57 bits per heavy atom. The van der Waals surface area contributed by atoms with Crippen molar-refractivity contribution in [2.24, 2.45) is 0 Å². The van der Waals surface area contributed by atoms with Crippen LogP contribution in [0.2, 0.25) is 0 Å².